The summed E-state index contributed by atoms with van der Waals surface area (Å²) in [7, 11) is 2.01. The SMILES string of the molecule is CCc1ccc(N(C)C(C)(C)CO)cc1. The van der Waals surface area contributed by atoms with Crippen molar-refractivity contribution >= 4 is 5.69 Å². The number of aryl methyl sites for hydroxylation is 1. The Morgan fingerprint density at radius 3 is 2.13 bits per heavy atom. The number of aliphatic hydroxyl groups excluding tert-OH is 1. The molecule has 0 aliphatic heterocycles. The summed E-state index contributed by atoms with van der Waals surface area (Å²) in [5.74, 6) is 0. The van der Waals surface area contributed by atoms with Gasteiger partial charge in [-0.2, -0.15) is 0 Å². The van der Waals surface area contributed by atoms with Crippen LogP contribution in [0.4, 0.5) is 5.69 Å². The van der Waals surface area contributed by atoms with Gasteiger partial charge in [0.1, 0.15) is 0 Å². The lowest BCUT2D eigenvalue weighted by Crippen LogP contribution is -2.44. The van der Waals surface area contributed by atoms with Crippen molar-refractivity contribution in [2.75, 3.05) is 18.6 Å². The van der Waals surface area contributed by atoms with Gasteiger partial charge >= 0.3 is 0 Å². The van der Waals surface area contributed by atoms with E-state index in [1.54, 1.807) is 0 Å². The molecule has 0 heterocycles. The van der Waals surface area contributed by atoms with Gasteiger partial charge in [-0.1, -0.05) is 19.1 Å². The van der Waals surface area contributed by atoms with Gasteiger partial charge in [-0.3, -0.25) is 0 Å². The highest BCUT2D eigenvalue weighted by Crippen LogP contribution is 2.22. The monoisotopic (exact) mass is 207 g/mol. The number of anilines is 1. The molecule has 1 N–H and O–H groups in total. The van der Waals surface area contributed by atoms with Crippen LogP contribution in [0.5, 0.6) is 0 Å². The van der Waals surface area contributed by atoms with E-state index in [-0.39, 0.29) is 12.1 Å². The third-order valence-electron chi connectivity index (χ3n) is 3.03. The predicted octanol–water partition coefficient (Wildman–Crippen LogP) is 2.46. The Labute approximate surface area is 92.5 Å². The Morgan fingerprint density at radius 2 is 1.73 bits per heavy atom. The molecule has 1 aromatic rings. The molecule has 0 radical (unpaired) electrons. The lowest BCUT2D eigenvalue weighted by atomic mass is 10.0. The molecule has 0 aromatic heterocycles. The van der Waals surface area contributed by atoms with Crippen molar-refractivity contribution in [3.8, 4) is 0 Å². The fraction of sp³-hybridized carbons (Fsp3) is 0.538. The van der Waals surface area contributed by atoms with Crippen molar-refractivity contribution in [1.29, 1.82) is 0 Å². The first-order valence-corrected chi connectivity index (χ1v) is 5.45. The molecule has 0 unspecified atom stereocenters. The fourth-order valence-corrected chi connectivity index (χ4v) is 1.41. The Balaban J connectivity index is 2.87. The van der Waals surface area contributed by atoms with Gasteiger partial charge in [-0.05, 0) is 38.0 Å². The highest BCUT2D eigenvalue weighted by molar-refractivity contribution is 5.49. The van der Waals surface area contributed by atoms with Crippen LogP contribution in [0.1, 0.15) is 26.3 Å². The molecule has 2 nitrogen and oxygen atoms in total. The largest absolute Gasteiger partial charge is 0.394 e. The number of hydrogen-bond acceptors (Lipinski definition) is 2. The molecule has 1 aromatic carbocycles. The topological polar surface area (TPSA) is 23.5 Å². The summed E-state index contributed by atoms with van der Waals surface area (Å²) in [5, 5.41) is 9.28. The van der Waals surface area contributed by atoms with E-state index in [4.69, 9.17) is 0 Å². The van der Waals surface area contributed by atoms with Crippen LogP contribution in [0, 0.1) is 0 Å². The van der Waals surface area contributed by atoms with Gasteiger partial charge in [-0.25, -0.2) is 0 Å². The highest BCUT2D eigenvalue weighted by Gasteiger charge is 2.22. The summed E-state index contributed by atoms with van der Waals surface area (Å²) in [6, 6.07) is 8.49. The van der Waals surface area contributed by atoms with Crippen molar-refractivity contribution in [2.45, 2.75) is 32.7 Å². The minimum absolute atomic E-state index is 0.152. The third kappa shape index (κ3) is 2.72. The minimum Gasteiger partial charge on any atom is -0.394 e. The Bertz CT molecular complexity index is 303. The number of aliphatic hydroxyl groups is 1. The summed E-state index contributed by atoms with van der Waals surface area (Å²) in [6.45, 7) is 6.36. The summed E-state index contributed by atoms with van der Waals surface area (Å²) in [4.78, 5) is 2.10. The molecule has 0 aliphatic rings. The lowest BCUT2D eigenvalue weighted by molar-refractivity contribution is 0.216. The van der Waals surface area contributed by atoms with Crippen LogP contribution in [-0.4, -0.2) is 24.3 Å². The van der Waals surface area contributed by atoms with Gasteiger partial charge < -0.3 is 10.0 Å². The average Bonchev–Trinajstić information content (AvgIpc) is 2.28. The van der Waals surface area contributed by atoms with E-state index in [1.807, 2.05) is 20.9 Å². The lowest BCUT2D eigenvalue weighted by Gasteiger charge is -2.36. The van der Waals surface area contributed by atoms with Gasteiger partial charge in [0, 0.05) is 12.7 Å². The van der Waals surface area contributed by atoms with Gasteiger partial charge in [0.25, 0.3) is 0 Å². The second-order valence-corrected chi connectivity index (χ2v) is 4.55. The van der Waals surface area contributed by atoms with Crippen molar-refractivity contribution in [3.63, 3.8) is 0 Å². The molecule has 0 atom stereocenters. The van der Waals surface area contributed by atoms with E-state index in [0.29, 0.717) is 0 Å². The maximum atomic E-state index is 9.28. The summed E-state index contributed by atoms with van der Waals surface area (Å²) in [6.07, 6.45) is 1.06. The normalized spacial score (nSPS) is 11.5. The zero-order chi connectivity index (χ0) is 11.5. The first kappa shape index (κ1) is 12.1. The van der Waals surface area contributed by atoms with Crippen LogP contribution in [0.2, 0.25) is 0 Å². The van der Waals surface area contributed by atoms with E-state index < -0.39 is 0 Å². The van der Waals surface area contributed by atoms with E-state index in [1.165, 1.54) is 5.56 Å². The van der Waals surface area contributed by atoms with Crippen LogP contribution in [-0.2, 0) is 6.42 Å². The molecule has 1 rings (SSSR count). The minimum atomic E-state index is -0.215. The zero-order valence-corrected chi connectivity index (χ0v) is 10.1. The number of benzene rings is 1. The van der Waals surface area contributed by atoms with E-state index in [9.17, 15) is 5.11 Å². The fourth-order valence-electron chi connectivity index (χ4n) is 1.41. The van der Waals surface area contributed by atoms with Crippen LogP contribution in [0.25, 0.3) is 0 Å². The molecule has 15 heavy (non-hydrogen) atoms. The van der Waals surface area contributed by atoms with Crippen molar-refractivity contribution in [2.24, 2.45) is 0 Å². The maximum absolute atomic E-state index is 9.28. The molecule has 0 aliphatic carbocycles. The van der Waals surface area contributed by atoms with Crippen LogP contribution in [0.3, 0.4) is 0 Å². The second-order valence-electron chi connectivity index (χ2n) is 4.55. The first-order chi connectivity index (χ1) is 7.01. The van der Waals surface area contributed by atoms with Crippen LogP contribution in [0.15, 0.2) is 24.3 Å². The molecule has 0 saturated carbocycles. The van der Waals surface area contributed by atoms with Crippen molar-refractivity contribution < 1.29 is 5.11 Å². The predicted molar refractivity (Wildman–Crippen MR) is 65.4 cm³/mol. The quantitative estimate of drug-likeness (QED) is 0.819. The van der Waals surface area contributed by atoms with Crippen molar-refractivity contribution in [3.05, 3.63) is 29.8 Å². The first-order valence-electron chi connectivity index (χ1n) is 5.45. The van der Waals surface area contributed by atoms with Gasteiger partial charge in [-0.15, -0.1) is 0 Å². The molecule has 0 amide bonds. The maximum Gasteiger partial charge on any atom is 0.0658 e. The molecule has 2 heteroatoms. The molecular weight excluding hydrogens is 186 g/mol. The molecular formula is C13H21NO. The van der Waals surface area contributed by atoms with Gasteiger partial charge in [0.05, 0.1) is 12.1 Å². The number of nitrogens with zero attached hydrogens (tertiary/aromatic N) is 1. The van der Waals surface area contributed by atoms with E-state index >= 15 is 0 Å². The van der Waals surface area contributed by atoms with Crippen molar-refractivity contribution in [1.82, 2.24) is 0 Å². The van der Waals surface area contributed by atoms with Crippen LogP contribution < -0.4 is 4.90 Å². The van der Waals surface area contributed by atoms with E-state index in [0.717, 1.165) is 12.1 Å². The second kappa shape index (κ2) is 4.67. The molecule has 0 fully saturated rings. The highest BCUT2D eigenvalue weighted by atomic mass is 16.3. The summed E-state index contributed by atoms with van der Waals surface area (Å²) < 4.78 is 0. The molecule has 0 saturated heterocycles. The van der Waals surface area contributed by atoms with Gasteiger partial charge in [0.15, 0.2) is 0 Å². The molecule has 84 valence electrons. The number of likely N-dealkylation sites (N-methyl/N-ethyl adjacent to an activating group) is 1. The third-order valence-corrected chi connectivity index (χ3v) is 3.03. The molecule has 0 spiro atoms. The summed E-state index contributed by atoms with van der Waals surface area (Å²) in [5.41, 5.74) is 2.27. The Kier molecular flexibility index (Phi) is 3.75. The average molecular weight is 207 g/mol. The van der Waals surface area contributed by atoms with E-state index in [2.05, 4.69) is 36.1 Å². The molecule has 0 bridgehead atoms. The number of hydrogen-bond donors (Lipinski definition) is 1. The smallest absolute Gasteiger partial charge is 0.0658 e. The van der Waals surface area contributed by atoms with Crippen LogP contribution >= 0.6 is 0 Å². The standard InChI is InChI=1S/C13H21NO/c1-5-11-6-8-12(9-7-11)14(4)13(2,3)10-15/h6-9,15H,5,10H2,1-4H3. The summed E-state index contributed by atoms with van der Waals surface area (Å²) >= 11 is 0. The Morgan fingerprint density at radius 1 is 1.20 bits per heavy atom. The van der Waals surface area contributed by atoms with Gasteiger partial charge in [0.2, 0.25) is 0 Å². The number of rotatable bonds is 4. The Hall–Kier alpha value is -1.02. The zero-order valence-electron chi connectivity index (χ0n) is 10.1.